The smallest absolute Gasteiger partial charge is 0.348 e. The van der Waals surface area contributed by atoms with E-state index in [-0.39, 0.29) is 17.9 Å². The van der Waals surface area contributed by atoms with Gasteiger partial charge in [0.25, 0.3) is 0 Å². The number of nitrogens with one attached hydrogen (secondary N) is 1. The van der Waals surface area contributed by atoms with Crippen LogP contribution in [0.2, 0.25) is 0 Å². The molecule has 4 aliphatic rings. The van der Waals surface area contributed by atoms with Crippen molar-refractivity contribution in [3.05, 3.63) is 35.7 Å². The van der Waals surface area contributed by atoms with Crippen LogP contribution in [0.3, 0.4) is 0 Å². The van der Waals surface area contributed by atoms with Crippen molar-refractivity contribution in [3.63, 3.8) is 0 Å². The maximum Gasteiger partial charge on any atom is 0.416 e. The minimum absolute atomic E-state index is 0.0965. The molecule has 4 fully saturated rings. The van der Waals surface area contributed by atoms with Gasteiger partial charge in [-0.05, 0) is 86.8 Å². The van der Waals surface area contributed by atoms with Gasteiger partial charge in [-0.3, -0.25) is 9.36 Å². The summed E-state index contributed by atoms with van der Waals surface area (Å²) in [7, 11) is 0. The van der Waals surface area contributed by atoms with Gasteiger partial charge in [-0.25, -0.2) is 0 Å². The van der Waals surface area contributed by atoms with E-state index in [2.05, 4.69) is 15.5 Å². The third-order valence-electron chi connectivity index (χ3n) is 7.26. The molecule has 6 rings (SSSR count). The second kappa shape index (κ2) is 7.53. The van der Waals surface area contributed by atoms with Crippen molar-refractivity contribution in [1.29, 1.82) is 0 Å². The molecule has 0 saturated heterocycles. The number of hydrogen-bond acceptors (Lipinski definition) is 4. The van der Waals surface area contributed by atoms with Crippen LogP contribution in [0.5, 0.6) is 0 Å². The Bertz CT molecular complexity index is 950. The van der Waals surface area contributed by atoms with Crippen LogP contribution in [0.1, 0.15) is 49.9 Å². The minimum Gasteiger partial charge on any atom is -0.348 e. The van der Waals surface area contributed by atoms with E-state index >= 15 is 0 Å². The van der Waals surface area contributed by atoms with Gasteiger partial charge in [0.15, 0.2) is 11.0 Å². The Morgan fingerprint density at radius 1 is 1.10 bits per heavy atom. The maximum absolute atomic E-state index is 13.3. The van der Waals surface area contributed by atoms with Crippen molar-refractivity contribution in [3.8, 4) is 5.69 Å². The van der Waals surface area contributed by atoms with E-state index in [1.807, 2.05) is 6.26 Å². The second-order valence-corrected chi connectivity index (χ2v) is 10.1. The van der Waals surface area contributed by atoms with Gasteiger partial charge in [-0.15, -0.1) is 10.2 Å². The van der Waals surface area contributed by atoms with Crippen LogP contribution in [0.25, 0.3) is 5.69 Å². The molecule has 1 amide bonds. The van der Waals surface area contributed by atoms with Crippen molar-refractivity contribution in [2.24, 2.45) is 23.2 Å². The molecule has 0 radical (unpaired) electrons. The molecule has 2 aromatic rings. The van der Waals surface area contributed by atoms with Crippen LogP contribution in [0.15, 0.2) is 29.4 Å². The molecule has 31 heavy (non-hydrogen) atoms. The van der Waals surface area contributed by atoms with Crippen LogP contribution in [0.4, 0.5) is 13.2 Å². The molecule has 0 aliphatic heterocycles. The number of alkyl halides is 3. The van der Waals surface area contributed by atoms with Crippen LogP contribution < -0.4 is 5.32 Å². The lowest BCUT2D eigenvalue weighted by molar-refractivity contribution is -0.146. The highest BCUT2D eigenvalue weighted by molar-refractivity contribution is 7.98. The summed E-state index contributed by atoms with van der Waals surface area (Å²) in [4.78, 5) is 13.3. The summed E-state index contributed by atoms with van der Waals surface area (Å²) in [5.74, 6) is 2.64. The quantitative estimate of drug-likeness (QED) is 0.663. The molecule has 9 heteroatoms. The first-order valence-corrected chi connectivity index (χ1v) is 11.9. The summed E-state index contributed by atoms with van der Waals surface area (Å²) in [6.07, 6.45) is 4.19. The summed E-state index contributed by atoms with van der Waals surface area (Å²) >= 11 is 1.36. The molecule has 1 N–H and O–H groups in total. The van der Waals surface area contributed by atoms with Gasteiger partial charge >= 0.3 is 6.18 Å². The number of benzene rings is 1. The fourth-order valence-electron chi connectivity index (χ4n) is 6.34. The van der Waals surface area contributed by atoms with Gasteiger partial charge in [0.2, 0.25) is 5.91 Å². The van der Waals surface area contributed by atoms with Gasteiger partial charge in [-0.2, -0.15) is 13.2 Å². The molecule has 0 atom stereocenters. The van der Waals surface area contributed by atoms with Gasteiger partial charge in [0, 0.05) is 11.1 Å². The Kier molecular flexibility index (Phi) is 5.07. The Morgan fingerprint density at radius 3 is 2.19 bits per heavy atom. The molecule has 0 unspecified atom stereocenters. The summed E-state index contributed by atoms with van der Waals surface area (Å²) in [6, 6.07) is 4.93. The Labute approximate surface area is 183 Å². The fourth-order valence-corrected chi connectivity index (χ4v) is 6.86. The number of nitrogens with zero attached hydrogens (tertiary/aromatic N) is 3. The lowest BCUT2D eigenvalue weighted by Gasteiger charge is -2.55. The SMILES string of the molecule is CSc1nnc(CNC(=O)C23CC4CC(CC(C4)C2)C3)n1-c1ccc(C(F)(F)F)cc1. The molecular weight excluding hydrogens is 425 g/mol. The van der Waals surface area contributed by atoms with E-state index < -0.39 is 11.7 Å². The van der Waals surface area contributed by atoms with Gasteiger partial charge < -0.3 is 5.32 Å². The highest BCUT2D eigenvalue weighted by Gasteiger charge is 2.54. The van der Waals surface area contributed by atoms with Crippen molar-refractivity contribution >= 4 is 17.7 Å². The van der Waals surface area contributed by atoms with E-state index in [1.165, 1.54) is 43.2 Å². The van der Waals surface area contributed by atoms with E-state index in [1.54, 1.807) is 4.57 Å². The third-order valence-corrected chi connectivity index (χ3v) is 7.89. The first-order valence-electron chi connectivity index (χ1n) is 10.7. The van der Waals surface area contributed by atoms with Gasteiger partial charge in [-0.1, -0.05) is 11.8 Å². The molecule has 4 bridgehead atoms. The van der Waals surface area contributed by atoms with Crippen LogP contribution in [0, 0.1) is 23.2 Å². The van der Waals surface area contributed by atoms with Crippen molar-refractivity contribution in [2.45, 2.75) is 56.4 Å². The molecule has 1 aromatic heterocycles. The fraction of sp³-hybridized carbons (Fsp3) is 0.591. The summed E-state index contributed by atoms with van der Waals surface area (Å²) < 4.78 is 40.5. The summed E-state index contributed by atoms with van der Waals surface area (Å²) in [6.45, 7) is 0.204. The lowest BCUT2D eigenvalue weighted by Crippen LogP contribution is -2.53. The predicted octanol–water partition coefficient (Wildman–Crippen LogP) is 4.84. The van der Waals surface area contributed by atoms with Crippen LogP contribution >= 0.6 is 11.8 Å². The number of rotatable bonds is 5. The molecule has 166 valence electrons. The highest BCUT2D eigenvalue weighted by atomic mass is 32.2. The number of hydrogen-bond donors (Lipinski definition) is 1. The van der Waals surface area contributed by atoms with E-state index in [4.69, 9.17) is 0 Å². The Morgan fingerprint density at radius 2 is 1.68 bits per heavy atom. The topological polar surface area (TPSA) is 59.8 Å². The molecular formula is C22H25F3N4OS. The normalized spacial score (nSPS) is 29.4. The number of amides is 1. The third kappa shape index (κ3) is 3.75. The molecule has 1 aromatic carbocycles. The second-order valence-electron chi connectivity index (χ2n) is 9.36. The zero-order chi connectivity index (χ0) is 21.8. The first kappa shape index (κ1) is 20.8. The molecule has 0 spiro atoms. The average Bonchev–Trinajstić information content (AvgIpc) is 3.13. The van der Waals surface area contributed by atoms with Crippen molar-refractivity contribution in [2.75, 3.05) is 6.26 Å². The molecule has 5 nitrogen and oxygen atoms in total. The zero-order valence-electron chi connectivity index (χ0n) is 17.3. The first-order chi connectivity index (χ1) is 14.8. The Hall–Kier alpha value is -2.03. The van der Waals surface area contributed by atoms with Gasteiger partial charge in [0.05, 0.1) is 12.1 Å². The number of carbonyl (C=O) groups is 1. The lowest BCUT2D eigenvalue weighted by atomic mass is 9.49. The average molecular weight is 451 g/mol. The summed E-state index contributed by atoms with van der Waals surface area (Å²) in [5, 5.41) is 12.0. The molecule has 4 saturated carbocycles. The highest BCUT2D eigenvalue weighted by Crippen LogP contribution is 2.60. The van der Waals surface area contributed by atoms with Crippen LogP contribution in [-0.4, -0.2) is 26.9 Å². The maximum atomic E-state index is 13.3. The summed E-state index contributed by atoms with van der Waals surface area (Å²) in [5.41, 5.74) is -0.413. The van der Waals surface area contributed by atoms with Crippen molar-refractivity contribution < 1.29 is 18.0 Å². The largest absolute Gasteiger partial charge is 0.416 e. The van der Waals surface area contributed by atoms with Crippen molar-refractivity contribution in [1.82, 2.24) is 20.1 Å². The predicted molar refractivity (Wildman–Crippen MR) is 111 cm³/mol. The number of aromatic nitrogens is 3. The standard InChI is InChI=1S/C22H25F3N4OS/c1-31-20-28-27-18(29(20)17-4-2-16(3-5-17)22(23,24)25)12-26-19(30)21-9-13-6-14(10-21)8-15(7-13)11-21/h2-5,13-15H,6-12H2,1H3,(H,26,30). The van der Waals surface area contributed by atoms with E-state index in [9.17, 15) is 18.0 Å². The molecule has 1 heterocycles. The monoisotopic (exact) mass is 450 g/mol. The number of halogens is 3. The Balaban J connectivity index is 1.35. The minimum atomic E-state index is -4.39. The van der Waals surface area contributed by atoms with E-state index in [0.717, 1.165) is 31.4 Å². The molecule has 4 aliphatic carbocycles. The van der Waals surface area contributed by atoms with E-state index in [0.29, 0.717) is 34.4 Å². The number of thioether (sulfide) groups is 1. The zero-order valence-corrected chi connectivity index (χ0v) is 18.1. The van der Waals surface area contributed by atoms with Gasteiger partial charge in [0.1, 0.15) is 0 Å². The number of carbonyl (C=O) groups excluding carboxylic acids is 1. The van der Waals surface area contributed by atoms with Crippen LogP contribution in [-0.2, 0) is 17.5 Å².